The number of aromatic nitrogens is 2. The van der Waals surface area contributed by atoms with Gasteiger partial charge in [-0.3, -0.25) is 14.9 Å². The Morgan fingerprint density at radius 3 is 2.52 bits per heavy atom. The molecule has 4 aromatic rings. The molecule has 1 aliphatic rings. The lowest BCUT2D eigenvalue weighted by atomic mass is 9.95. The molecule has 0 saturated heterocycles. The van der Waals surface area contributed by atoms with Gasteiger partial charge in [0.15, 0.2) is 0 Å². The van der Waals surface area contributed by atoms with Gasteiger partial charge in [0.2, 0.25) is 0 Å². The summed E-state index contributed by atoms with van der Waals surface area (Å²) in [5.74, 6) is -0.888. The highest BCUT2D eigenvalue weighted by Crippen LogP contribution is 2.38. The Bertz CT molecular complexity index is 1390. The van der Waals surface area contributed by atoms with Gasteiger partial charge in [0, 0.05) is 45.3 Å². The number of fused-ring (bicyclic) bond motifs is 2. The van der Waals surface area contributed by atoms with Crippen molar-refractivity contribution in [1.29, 1.82) is 0 Å². The Morgan fingerprint density at radius 2 is 1.74 bits per heavy atom. The van der Waals surface area contributed by atoms with Crippen molar-refractivity contribution in [1.82, 2.24) is 14.9 Å². The lowest BCUT2D eigenvalue weighted by molar-refractivity contribution is -0.122. The second-order valence-electron chi connectivity index (χ2n) is 7.83. The maximum Gasteiger partial charge on any atom is 0.259 e. The second-order valence-corrected chi connectivity index (χ2v) is 7.83. The zero-order chi connectivity index (χ0) is 21.7. The normalized spacial score (nSPS) is 15.3. The van der Waals surface area contributed by atoms with Crippen LogP contribution in [0.2, 0.25) is 0 Å². The van der Waals surface area contributed by atoms with E-state index in [0.29, 0.717) is 22.3 Å². The van der Waals surface area contributed by atoms with Crippen LogP contribution in [0.15, 0.2) is 54.9 Å². The van der Waals surface area contributed by atoms with E-state index in [4.69, 9.17) is 0 Å². The largest absolute Gasteiger partial charge is 0.394 e. The van der Waals surface area contributed by atoms with Gasteiger partial charge in [-0.1, -0.05) is 30.3 Å². The van der Waals surface area contributed by atoms with Crippen molar-refractivity contribution in [2.45, 2.75) is 19.6 Å². The topological polar surface area (TPSA) is 107 Å². The summed E-state index contributed by atoms with van der Waals surface area (Å²) >= 11 is 0. The number of aliphatic hydroxyl groups excluding tert-OH is 2. The molecule has 1 aliphatic heterocycles. The van der Waals surface area contributed by atoms with Crippen LogP contribution in [0.1, 0.15) is 16.7 Å². The summed E-state index contributed by atoms with van der Waals surface area (Å²) < 4.78 is 1.81. The highest BCUT2D eigenvalue weighted by atomic mass is 16.3. The van der Waals surface area contributed by atoms with Crippen LogP contribution >= 0.6 is 0 Å². The number of aryl methyl sites for hydroxylation is 1. The number of rotatable bonds is 5. The zero-order valence-corrected chi connectivity index (χ0v) is 16.8. The lowest BCUT2D eigenvalue weighted by Gasteiger charge is -2.09. The van der Waals surface area contributed by atoms with E-state index in [1.807, 2.05) is 54.0 Å². The third-order valence-electron chi connectivity index (χ3n) is 5.72. The minimum Gasteiger partial charge on any atom is -0.394 e. The molecule has 0 fully saturated rings. The average Bonchev–Trinajstić information content (AvgIpc) is 3.41. The standard InChI is InChI=1S/C24H21N3O4/c1-13-6-7-16-18(11-27(20(16)8-13)10-14(29)12-28)22-21(23(30)26-24(22)31)17-9-25-19-5-3-2-4-15(17)19/h2-9,11,14,25,28-29H,10,12H2,1H3,(H,26,30,31). The van der Waals surface area contributed by atoms with E-state index >= 15 is 0 Å². The average molecular weight is 415 g/mol. The van der Waals surface area contributed by atoms with Gasteiger partial charge in [0.05, 0.1) is 30.4 Å². The maximum absolute atomic E-state index is 12.9. The van der Waals surface area contributed by atoms with Gasteiger partial charge < -0.3 is 19.8 Å². The summed E-state index contributed by atoms with van der Waals surface area (Å²) in [4.78, 5) is 28.9. The number of carbonyl (C=O) groups excluding carboxylic acids is 2. The van der Waals surface area contributed by atoms with Crippen LogP contribution in [0, 0.1) is 6.92 Å². The van der Waals surface area contributed by atoms with Gasteiger partial charge in [-0.15, -0.1) is 0 Å². The molecule has 1 atom stereocenters. The van der Waals surface area contributed by atoms with E-state index in [2.05, 4.69) is 10.3 Å². The minimum atomic E-state index is -0.940. The van der Waals surface area contributed by atoms with Crippen LogP contribution in [-0.2, 0) is 16.1 Å². The van der Waals surface area contributed by atoms with E-state index < -0.39 is 17.9 Å². The van der Waals surface area contributed by atoms with E-state index in [-0.39, 0.29) is 13.2 Å². The molecular weight excluding hydrogens is 394 g/mol. The molecule has 7 heteroatoms. The molecule has 2 amide bonds. The highest BCUT2D eigenvalue weighted by molar-refractivity contribution is 6.50. The molecule has 156 valence electrons. The molecule has 3 heterocycles. The number of carbonyl (C=O) groups is 2. The molecule has 0 radical (unpaired) electrons. The number of amides is 2. The van der Waals surface area contributed by atoms with E-state index in [0.717, 1.165) is 27.4 Å². The summed E-state index contributed by atoms with van der Waals surface area (Å²) in [5, 5.41) is 23.4. The molecule has 0 aliphatic carbocycles. The number of nitrogens with one attached hydrogen (secondary N) is 2. The molecule has 2 aromatic heterocycles. The smallest absolute Gasteiger partial charge is 0.259 e. The fraction of sp³-hybridized carbons (Fsp3) is 0.167. The summed E-state index contributed by atoms with van der Waals surface area (Å²) in [5.41, 5.74) is 4.63. The van der Waals surface area contributed by atoms with Gasteiger partial charge in [-0.2, -0.15) is 0 Å². The van der Waals surface area contributed by atoms with E-state index in [9.17, 15) is 19.8 Å². The van der Waals surface area contributed by atoms with Crippen molar-refractivity contribution in [2.24, 2.45) is 0 Å². The van der Waals surface area contributed by atoms with Crippen molar-refractivity contribution in [3.63, 3.8) is 0 Å². The predicted molar refractivity (Wildman–Crippen MR) is 118 cm³/mol. The monoisotopic (exact) mass is 415 g/mol. The Hall–Kier alpha value is -3.68. The summed E-state index contributed by atoms with van der Waals surface area (Å²) in [6, 6.07) is 13.4. The number of H-pyrrole nitrogens is 1. The summed E-state index contributed by atoms with van der Waals surface area (Å²) in [7, 11) is 0. The number of imide groups is 1. The lowest BCUT2D eigenvalue weighted by Crippen LogP contribution is -2.22. The van der Waals surface area contributed by atoms with Gasteiger partial charge in [0.1, 0.15) is 0 Å². The molecule has 7 nitrogen and oxygen atoms in total. The quantitative estimate of drug-likeness (QED) is 0.375. The van der Waals surface area contributed by atoms with Crippen LogP contribution in [0.3, 0.4) is 0 Å². The molecule has 1 unspecified atom stereocenters. The fourth-order valence-electron chi connectivity index (χ4n) is 4.28. The first-order valence-corrected chi connectivity index (χ1v) is 10.0. The Labute approximate surface area is 177 Å². The fourth-order valence-corrected chi connectivity index (χ4v) is 4.28. The molecule has 0 bridgehead atoms. The first-order valence-electron chi connectivity index (χ1n) is 10.0. The number of hydrogen-bond donors (Lipinski definition) is 4. The Balaban J connectivity index is 1.79. The molecule has 31 heavy (non-hydrogen) atoms. The molecule has 5 rings (SSSR count). The molecule has 2 aromatic carbocycles. The Kier molecular flexibility index (Phi) is 4.50. The molecule has 4 N–H and O–H groups in total. The molecular formula is C24H21N3O4. The van der Waals surface area contributed by atoms with Crippen molar-refractivity contribution in [3.05, 3.63) is 71.5 Å². The Morgan fingerprint density at radius 1 is 1.00 bits per heavy atom. The number of aliphatic hydroxyl groups is 2. The third-order valence-corrected chi connectivity index (χ3v) is 5.72. The van der Waals surface area contributed by atoms with Gasteiger partial charge in [-0.25, -0.2) is 0 Å². The van der Waals surface area contributed by atoms with Gasteiger partial charge in [0.25, 0.3) is 11.8 Å². The van der Waals surface area contributed by atoms with Gasteiger partial charge in [-0.05, 0) is 24.6 Å². The first-order chi connectivity index (χ1) is 15.0. The molecule has 0 spiro atoms. The number of aromatic amines is 1. The van der Waals surface area contributed by atoms with Crippen molar-refractivity contribution < 1.29 is 19.8 Å². The van der Waals surface area contributed by atoms with Crippen molar-refractivity contribution >= 4 is 44.8 Å². The SMILES string of the molecule is Cc1ccc2c(C3=C(c4c[nH]c5ccccc45)C(=O)NC3=O)cn(CC(O)CO)c2c1. The molecule has 0 saturated carbocycles. The van der Waals surface area contributed by atoms with Crippen LogP contribution in [-0.4, -0.2) is 44.3 Å². The first kappa shape index (κ1) is 19.3. The number of benzene rings is 2. The van der Waals surface area contributed by atoms with Crippen LogP contribution < -0.4 is 5.32 Å². The minimum absolute atomic E-state index is 0.168. The summed E-state index contributed by atoms with van der Waals surface area (Å²) in [6.45, 7) is 1.76. The van der Waals surface area contributed by atoms with Crippen molar-refractivity contribution in [3.8, 4) is 0 Å². The maximum atomic E-state index is 12.9. The highest BCUT2D eigenvalue weighted by Gasteiger charge is 2.35. The van der Waals surface area contributed by atoms with Crippen LogP contribution in [0.5, 0.6) is 0 Å². The van der Waals surface area contributed by atoms with E-state index in [1.165, 1.54) is 0 Å². The van der Waals surface area contributed by atoms with Crippen molar-refractivity contribution in [2.75, 3.05) is 6.61 Å². The third kappa shape index (κ3) is 3.06. The number of para-hydroxylation sites is 1. The predicted octanol–water partition coefficient (Wildman–Crippen LogP) is 2.35. The zero-order valence-electron chi connectivity index (χ0n) is 16.8. The number of hydrogen-bond acceptors (Lipinski definition) is 4. The van der Waals surface area contributed by atoms with Crippen LogP contribution in [0.4, 0.5) is 0 Å². The summed E-state index contributed by atoms with van der Waals surface area (Å²) in [6.07, 6.45) is 2.58. The second kappa shape index (κ2) is 7.23. The van der Waals surface area contributed by atoms with Gasteiger partial charge >= 0.3 is 0 Å². The number of nitrogens with zero attached hydrogens (tertiary/aromatic N) is 1. The van der Waals surface area contributed by atoms with E-state index in [1.54, 1.807) is 12.4 Å². The van der Waals surface area contributed by atoms with Crippen LogP contribution in [0.25, 0.3) is 33.0 Å².